The number of anilines is 3. The molecule has 3 heterocycles. The molecule has 0 saturated carbocycles. The lowest BCUT2D eigenvalue weighted by molar-refractivity contribution is -0.115. The Morgan fingerprint density at radius 1 is 0.909 bits per heavy atom. The van der Waals surface area contributed by atoms with E-state index < -0.39 is 11.6 Å². The molecule has 9 heteroatoms. The van der Waals surface area contributed by atoms with Gasteiger partial charge >= 0.3 is 0 Å². The molecule has 0 radical (unpaired) electrons. The Labute approximate surface area is 192 Å². The summed E-state index contributed by atoms with van der Waals surface area (Å²) in [5.74, 6) is -0.196. The van der Waals surface area contributed by atoms with E-state index in [2.05, 4.69) is 15.1 Å². The molecule has 2 aliphatic heterocycles. The second-order valence-corrected chi connectivity index (χ2v) is 8.41. The zero-order valence-corrected chi connectivity index (χ0v) is 18.9. The number of rotatable bonds is 5. The highest BCUT2D eigenvalue weighted by molar-refractivity contribution is 5.95. The maximum absolute atomic E-state index is 13.5. The van der Waals surface area contributed by atoms with Crippen molar-refractivity contribution >= 4 is 23.2 Å². The minimum absolute atomic E-state index is 0.137. The van der Waals surface area contributed by atoms with Crippen LogP contribution in [0.1, 0.15) is 24.0 Å². The third kappa shape index (κ3) is 6.17. The van der Waals surface area contributed by atoms with E-state index in [9.17, 15) is 13.6 Å². The van der Waals surface area contributed by atoms with Gasteiger partial charge in [-0.2, -0.15) is 0 Å². The van der Waals surface area contributed by atoms with Crippen LogP contribution >= 0.6 is 0 Å². The summed E-state index contributed by atoms with van der Waals surface area (Å²) in [5, 5.41) is 2.93. The van der Waals surface area contributed by atoms with Gasteiger partial charge in [0.05, 0.1) is 25.3 Å². The smallest absolute Gasteiger partial charge is 0.228 e. The SMILES string of the molecule is Cc1cc(NC(=O)Cc2cc(F)cc(F)c2)c(N2CCCOCC2)nc1N1CCCOCC1. The van der Waals surface area contributed by atoms with Gasteiger partial charge < -0.3 is 24.6 Å². The van der Waals surface area contributed by atoms with Crippen molar-refractivity contribution in [3.63, 3.8) is 0 Å². The number of carbonyl (C=O) groups is 1. The van der Waals surface area contributed by atoms with E-state index in [1.54, 1.807) is 0 Å². The van der Waals surface area contributed by atoms with Crippen LogP contribution in [0.5, 0.6) is 0 Å². The minimum Gasteiger partial charge on any atom is -0.380 e. The topological polar surface area (TPSA) is 66.9 Å². The summed E-state index contributed by atoms with van der Waals surface area (Å²) in [7, 11) is 0. The van der Waals surface area contributed by atoms with Gasteiger partial charge in [-0.3, -0.25) is 4.79 Å². The molecule has 2 fully saturated rings. The van der Waals surface area contributed by atoms with E-state index in [4.69, 9.17) is 14.5 Å². The molecule has 1 N–H and O–H groups in total. The molecule has 7 nitrogen and oxygen atoms in total. The molecule has 178 valence electrons. The molecular formula is C24H30F2N4O3. The van der Waals surface area contributed by atoms with Crippen molar-refractivity contribution in [2.45, 2.75) is 26.2 Å². The maximum Gasteiger partial charge on any atom is 0.228 e. The number of benzene rings is 1. The molecule has 1 aromatic carbocycles. The summed E-state index contributed by atoms with van der Waals surface area (Å²) < 4.78 is 38.3. The van der Waals surface area contributed by atoms with Crippen molar-refractivity contribution in [1.29, 1.82) is 0 Å². The normalized spacial score (nSPS) is 17.4. The summed E-state index contributed by atoms with van der Waals surface area (Å²) in [6, 6.07) is 5.06. The second kappa shape index (κ2) is 10.9. The third-order valence-corrected chi connectivity index (χ3v) is 5.77. The van der Waals surface area contributed by atoms with Crippen molar-refractivity contribution in [2.75, 3.05) is 67.7 Å². The van der Waals surface area contributed by atoms with Crippen LogP contribution in [-0.4, -0.2) is 63.5 Å². The molecule has 0 unspecified atom stereocenters. The van der Waals surface area contributed by atoms with Gasteiger partial charge in [-0.1, -0.05) is 0 Å². The predicted octanol–water partition coefficient (Wildman–Crippen LogP) is 3.30. The van der Waals surface area contributed by atoms with Gasteiger partial charge in [-0.15, -0.1) is 0 Å². The van der Waals surface area contributed by atoms with Crippen LogP contribution < -0.4 is 15.1 Å². The molecule has 0 atom stereocenters. The Balaban J connectivity index is 1.62. The molecule has 1 amide bonds. The van der Waals surface area contributed by atoms with Crippen molar-refractivity contribution in [2.24, 2.45) is 0 Å². The second-order valence-electron chi connectivity index (χ2n) is 8.41. The van der Waals surface area contributed by atoms with Gasteiger partial charge in [-0.05, 0) is 49.1 Å². The number of carbonyl (C=O) groups excluding carboxylic acids is 1. The quantitative estimate of drug-likeness (QED) is 0.739. The average molecular weight is 461 g/mol. The number of ether oxygens (including phenoxy) is 2. The van der Waals surface area contributed by atoms with Crippen molar-refractivity contribution in [3.8, 4) is 0 Å². The summed E-state index contributed by atoms with van der Waals surface area (Å²) in [6.45, 7) is 7.66. The first-order chi connectivity index (χ1) is 16.0. The molecule has 1 aromatic heterocycles. The zero-order chi connectivity index (χ0) is 23.2. The van der Waals surface area contributed by atoms with Gasteiger partial charge in [0.2, 0.25) is 5.91 Å². The summed E-state index contributed by atoms with van der Waals surface area (Å²) in [5.41, 5.74) is 1.81. The van der Waals surface area contributed by atoms with Crippen LogP contribution in [0, 0.1) is 18.6 Å². The summed E-state index contributed by atoms with van der Waals surface area (Å²) in [6.07, 6.45) is 1.65. The van der Waals surface area contributed by atoms with Gasteiger partial charge in [0.15, 0.2) is 5.82 Å². The number of nitrogens with zero attached hydrogens (tertiary/aromatic N) is 3. The number of aromatic nitrogens is 1. The first-order valence-electron chi connectivity index (χ1n) is 11.4. The van der Waals surface area contributed by atoms with E-state index in [0.29, 0.717) is 37.9 Å². The van der Waals surface area contributed by atoms with Gasteiger partial charge in [0, 0.05) is 45.5 Å². The largest absolute Gasteiger partial charge is 0.380 e. The number of aryl methyl sites for hydroxylation is 1. The van der Waals surface area contributed by atoms with Crippen molar-refractivity contribution in [3.05, 3.63) is 47.0 Å². The average Bonchev–Trinajstić information content (AvgIpc) is 3.18. The maximum atomic E-state index is 13.5. The van der Waals surface area contributed by atoms with E-state index in [-0.39, 0.29) is 17.9 Å². The summed E-state index contributed by atoms with van der Waals surface area (Å²) in [4.78, 5) is 22.1. The first kappa shape index (κ1) is 23.4. The Bertz CT molecular complexity index is 952. The molecule has 0 bridgehead atoms. The monoisotopic (exact) mass is 460 g/mol. The van der Waals surface area contributed by atoms with E-state index in [0.717, 1.165) is 56.5 Å². The molecule has 2 saturated heterocycles. The highest BCUT2D eigenvalue weighted by Gasteiger charge is 2.22. The van der Waals surface area contributed by atoms with E-state index in [1.165, 1.54) is 12.1 Å². The standard InChI is InChI=1S/C24H30F2N4O3/c1-17-12-21(27-22(31)15-18-13-19(25)16-20(26)14-18)24(30-5-3-9-33-11-7-30)28-23(17)29-4-2-8-32-10-6-29/h12-14,16H,2-11,15H2,1H3,(H,27,31). The highest BCUT2D eigenvalue weighted by atomic mass is 19.1. The van der Waals surface area contributed by atoms with Crippen LogP contribution in [0.2, 0.25) is 0 Å². The molecule has 2 aliphatic rings. The molecular weight excluding hydrogens is 430 g/mol. The molecule has 2 aromatic rings. The number of halogens is 2. The number of pyridine rings is 1. The Hall–Kier alpha value is -2.78. The van der Waals surface area contributed by atoms with Crippen LogP contribution in [0.15, 0.2) is 24.3 Å². The van der Waals surface area contributed by atoms with Crippen LogP contribution in [-0.2, 0) is 20.7 Å². The lowest BCUT2D eigenvalue weighted by atomic mass is 10.1. The minimum atomic E-state index is -0.702. The Kier molecular flexibility index (Phi) is 7.72. The fourth-order valence-corrected chi connectivity index (χ4v) is 4.26. The van der Waals surface area contributed by atoms with Crippen LogP contribution in [0.3, 0.4) is 0 Å². The fourth-order valence-electron chi connectivity index (χ4n) is 4.26. The molecule has 0 aliphatic carbocycles. The van der Waals surface area contributed by atoms with E-state index in [1.807, 2.05) is 13.0 Å². The van der Waals surface area contributed by atoms with Crippen molar-refractivity contribution in [1.82, 2.24) is 4.98 Å². The fraction of sp³-hybridized carbons (Fsp3) is 0.500. The first-order valence-corrected chi connectivity index (χ1v) is 11.4. The number of amides is 1. The molecule has 33 heavy (non-hydrogen) atoms. The van der Waals surface area contributed by atoms with Gasteiger partial charge in [-0.25, -0.2) is 13.8 Å². The van der Waals surface area contributed by atoms with Gasteiger partial charge in [0.25, 0.3) is 0 Å². The number of nitrogens with one attached hydrogen (secondary N) is 1. The third-order valence-electron chi connectivity index (χ3n) is 5.77. The molecule has 0 spiro atoms. The number of hydrogen-bond donors (Lipinski definition) is 1. The lowest BCUT2D eigenvalue weighted by Crippen LogP contribution is -2.32. The van der Waals surface area contributed by atoms with E-state index >= 15 is 0 Å². The van der Waals surface area contributed by atoms with Crippen molar-refractivity contribution < 1.29 is 23.0 Å². The summed E-state index contributed by atoms with van der Waals surface area (Å²) >= 11 is 0. The Morgan fingerprint density at radius 3 is 2.15 bits per heavy atom. The zero-order valence-electron chi connectivity index (χ0n) is 18.9. The van der Waals surface area contributed by atoms with Crippen LogP contribution in [0.4, 0.5) is 26.1 Å². The Morgan fingerprint density at radius 2 is 1.52 bits per heavy atom. The van der Waals surface area contributed by atoms with Gasteiger partial charge in [0.1, 0.15) is 17.5 Å². The number of hydrogen-bond acceptors (Lipinski definition) is 6. The lowest BCUT2D eigenvalue weighted by Gasteiger charge is -2.28. The van der Waals surface area contributed by atoms with Crippen LogP contribution in [0.25, 0.3) is 0 Å². The molecule has 4 rings (SSSR count). The predicted molar refractivity (Wildman–Crippen MR) is 123 cm³/mol. The highest BCUT2D eigenvalue weighted by Crippen LogP contribution is 2.32.